The molecule has 28 heavy (non-hydrogen) atoms. The zero-order valence-electron chi connectivity index (χ0n) is 15.3. The fourth-order valence-electron chi connectivity index (χ4n) is 2.49. The smallest absolute Gasteiger partial charge is 0.293 e. The Balaban J connectivity index is 1.64. The molecule has 1 heterocycles. The molecule has 8 nitrogen and oxygen atoms in total. The van der Waals surface area contributed by atoms with E-state index in [1.165, 1.54) is 18.2 Å². The van der Waals surface area contributed by atoms with E-state index in [2.05, 4.69) is 5.32 Å². The first-order chi connectivity index (χ1) is 13.5. The maximum atomic E-state index is 12.3. The van der Waals surface area contributed by atoms with Crippen molar-refractivity contribution in [1.29, 1.82) is 0 Å². The summed E-state index contributed by atoms with van der Waals surface area (Å²) in [5.74, 6) is 1.23. The molecule has 0 aliphatic rings. The van der Waals surface area contributed by atoms with Gasteiger partial charge in [-0.1, -0.05) is 6.07 Å². The maximum Gasteiger partial charge on any atom is 0.293 e. The lowest BCUT2D eigenvalue weighted by molar-refractivity contribution is -0.384. The minimum absolute atomic E-state index is 0.0307. The van der Waals surface area contributed by atoms with Crippen LogP contribution in [0, 0.1) is 17.0 Å². The number of amides is 1. The normalized spacial score (nSPS) is 10.4. The minimum Gasteiger partial charge on any atom is -0.497 e. The Labute approximate surface area is 160 Å². The van der Waals surface area contributed by atoms with Gasteiger partial charge in [0.15, 0.2) is 5.76 Å². The molecular weight excluding hydrogens is 364 g/mol. The Bertz CT molecular complexity index is 994. The van der Waals surface area contributed by atoms with Gasteiger partial charge in [-0.05, 0) is 55.0 Å². The molecule has 0 unspecified atom stereocenters. The van der Waals surface area contributed by atoms with E-state index in [9.17, 15) is 14.9 Å². The van der Waals surface area contributed by atoms with E-state index >= 15 is 0 Å². The van der Waals surface area contributed by atoms with Gasteiger partial charge in [-0.15, -0.1) is 0 Å². The topological polar surface area (TPSA) is 104 Å². The number of nitro benzene ring substituents is 1. The van der Waals surface area contributed by atoms with Crippen molar-refractivity contribution in [3.05, 3.63) is 81.8 Å². The number of aryl methyl sites for hydroxylation is 1. The van der Waals surface area contributed by atoms with E-state index in [0.29, 0.717) is 11.5 Å². The predicted molar refractivity (Wildman–Crippen MR) is 102 cm³/mol. The molecule has 0 spiro atoms. The number of methoxy groups -OCH3 is 1. The molecular formula is C20H18N2O6. The van der Waals surface area contributed by atoms with Gasteiger partial charge >= 0.3 is 0 Å². The highest BCUT2D eigenvalue weighted by atomic mass is 16.6. The quantitative estimate of drug-likeness (QED) is 0.482. The first-order valence-electron chi connectivity index (χ1n) is 8.38. The predicted octanol–water partition coefficient (Wildman–Crippen LogP) is 4.34. The molecule has 0 aliphatic carbocycles. The number of nitro groups is 1. The van der Waals surface area contributed by atoms with Crippen LogP contribution in [0.1, 0.15) is 21.9 Å². The lowest BCUT2D eigenvalue weighted by atomic mass is 10.2. The standard InChI is InChI=1S/C20H18N2O6/c1-13-3-9-17(18(11-13)22(24)25)21-20(23)19-10-8-16(28-19)12-27-15-6-4-14(26-2)5-7-15/h3-11H,12H2,1-2H3,(H,21,23). The molecule has 3 rings (SSSR count). The Morgan fingerprint density at radius 3 is 2.50 bits per heavy atom. The number of furan rings is 1. The average Bonchev–Trinajstić information content (AvgIpc) is 3.17. The van der Waals surface area contributed by atoms with Crippen LogP contribution in [0.15, 0.2) is 59.0 Å². The van der Waals surface area contributed by atoms with Crippen LogP contribution in [0.2, 0.25) is 0 Å². The van der Waals surface area contributed by atoms with Crippen molar-refractivity contribution >= 4 is 17.3 Å². The van der Waals surface area contributed by atoms with Crippen molar-refractivity contribution in [2.24, 2.45) is 0 Å². The molecule has 0 atom stereocenters. The second-order valence-electron chi connectivity index (χ2n) is 5.96. The van der Waals surface area contributed by atoms with Crippen LogP contribution in [0.4, 0.5) is 11.4 Å². The summed E-state index contributed by atoms with van der Waals surface area (Å²) in [6, 6.07) is 14.7. The second-order valence-corrected chi connectivity index (χ2v) is 5.96. The maximum absolute atomic E-state index is 12.3. The lowest BCUT2D eigenvalue weighted by Gasteiger charge is -2.06. The van der Waals surface area contributed by atoms with Gasteiger partial charge in [0.2, 0.25) is 0 Å². The van der Waals surface area contributed by atoms with E-state index in [0.717, 1.165) is 11.3 Å². The van der Waals surface area contributed by atoms with E-state index in [1.54, 1.807) is 50.4 Å². The van der Waals surface area contributed by atoms with E-state index in [1.807, 2.05) is 0 Å². The Morgan fingerprint density at radius 2 is 1.82 bits per heavy atom. The SMILES string of the molecule is COc1ccc(OCc2ccc(C(=O)Nc3ccc(C)cc3[N+](=O)[O-])o2)cc1. The number of carbonyl (C=O) groups is 1. The van der Waals surface area contributed by atoms with Crippen molar-refractivity contribution < 1.29 is 23.6 Å². The summed E-state index contributed by atoms with van der Waals surface area (Å²) in [5, 5.41) is 13.7. The van der Waals surface area contributed by atoms with Crippen LogP contribution >= 0.6 is 0 Å². The summed E-state index contributed by atoms with van der Waals surface area (Å²) in [7, 11) is 1.58. The highest BCUT2D eigenvalue weighted by molar-refractivity contribution is 6.03. The zero-order valence-corrected chi connectivity index (χ0v) is 15.3. The monoisotopic (exact) mass is 382 g/mol. The molecule has 0 saturated heterocycles. The van der Waals surface area contributed by atoms with Crippen LogP contribution in [0.5, 0.6) is 11.5 Å². The van der Waals surface area contributed by atoms with E-state index < -0.39 is 10.8 Å². The van der Waals surface area contributed by atoms with Crippen LogP contribution in [0.3, 0.4) is 0 Å². The number of carbonyl (C=O) groups excluding carboxylic acids is 1. The zero-order chi connectivity index (χ0) is 20.1. The van der Waals surface area contributed by atoms with Gasteiger partial charge in [-0.2, -0.15) is 0 Å². The first kappa shape index (κ1) is 19.0. The Hall–Kier alpha value is -3.81. The third-order valence-electron chi connectivity index (χ3n) is 3.92. The van der Waals surface area contributed by atoms with Crippen molar-refractivity contribution in [1.82, 2.24) is 0 Å². The van der Waals surface area contributed by atoms with Crippen LogP contribution in [-0.4, -0.2) is 17.9 Å². The first-order valence-corrected chi connectivity index (χ1v) is 8.38. The molecule has 8 heteroatoms. The summed E-state index contributed by atoms with van der Waals surface area (Å²) >= 11 is 0. The molecule has 1 N–H and O–H groups in total. The molecule has 0 aliphatic heterocycles. The van der Waals surface area contributed by atoms with Crippen LogP contribution in [-0.2, 0) is 6.61 Å². The number of hydrogen-bond donors (Lipinski definition) is 1. The van der Waals surface area contributed by atoms with Crippen molar-refractivity contribution in [2.75, 3.05) is 12.4 Å². The van der Waals surface area contributed by atoms with Crippen LogP contribution in [0.25, 0.3) is 0 Å². The second kappa shape index (κ2) is 8.26. The van der Waals surface area contributed by atoms with Gasteiger partial charge in [-0.3, -0.25) is 14.9 Å². The average molecular weight is 382 g/mol. The van der Waals surface area contributed by atoms with Gasteiger partial charge in [0.1, 0.15) is 29.6 Å². The summed E-state index contributed by atoms with van der Waals surface area (Å²) in [6.07, 6.45) is 0. The number of nitrogens with one attached hydrogen (secondary N) is 1. The Morgan fingerprint density at radius 1 is 1.11 bits per heavy atom. The molecule has 0 radical (unpaired) electrons. The molecule has 1 amide bonds. The lowest BCUT2D eigenvalue weighted by Crippen LogP contribution is -2.12. The third kappa shape index (κ3) is 4.47. The van der Waals surface area contributed by atoms with Gasteiger partial charge in [0.05, 0.1) is 12.0 Å². The molecule has 0 bridgehead atoms. The van der Waals surface area contributed by atoms with Gasteiger partial charge < -0.3 is 19.2 Å². The van der Waals surface area contributed by atoms with Gasteiger partial charge in [0.25, 0.3) is 11.6 Å². The molecule has 3 aromatic rings. The molecule has 1 aromatic heterocycles. The molecule has 0 fully saturated rings. The van der Waals surface area contributed by atoms with E-state index in [4.69, 9.17) is 13.9 Å². The van der Waals surface area contributed by atoms with Crippen molar-refractivity contribution in [3.8, 4) is 11.5 Å². The fraction of sp³-hybridized carbons (Fsp3) is 0.150. The number of nitrogens with zero attached hydrogens (tertiary/aromatic N) is 1. The third-order valence-corrected chi connectivity index (χ3v) is 3.92. The molecule has 144 valence electrons. The summed E-state index contributed by atoms with van der Waals surface area (Å²) in [4.78, 5) is 23.0. The molecule has 2 aromatic carbocycles. The number of anilines is 1. The van der Waals surface area contributed by atoms with E-state index in [-0.39, 0.29) is 23.7 Å². The molecule has 0 saturated carbocycles. The largest absolute Gasteiger partial charge is 0.497 e. The van der Waals surface area contributed by atoms with Crippen molar-refractivity contribution in [3.63, 3.8) is 0 Å². The summed E-state index contributed by atoms with van der Waals surface area (Å²) in [5.41, 5.74) is 0.650. The van der Waals surface area contributed by atoms with Gasteiger partial charge in [0, 0.05) is 6.07 Å². The highest BCUT2D eigenvalue weighted by Gasteiger charge is 2.18. The minimum atomic E-state index is -0.581. The fourth-order valence-corrected chi connectivity index (χ4v) is 2.49. The number of benzene rings is 2. The van der Waals surface area contributed by atoms with Crippen LogP contribution < -0.4 is 14.8 Å². The Kier molecular flexibility index (Phi) is 5.59. The number of hydrogen-bond acceptors (Lipinski definition) is 6. The van der Waals surface area contributed by atoms with Crippen molar-refractivity contribution in [2.45, 2.75) is 13.5 Å². The number of rotatable bonds is 7. The summed E-state index contributed by atoms with van der Waals surface area (Å²) in [6.45, 7) is 1.87. The highest BCUT2D eigenvalue weighted by Crippen LogP contribution is 2.26. The summed E-state index contributed by atoms with van der Waals surface area (Å²) < 4.78 is 16.2. The number of ether oxygens (including phenoxy) is 2. The van der Waals surface area contributed by atoms with Gasteiger partial charge in [-0.25, -0.2) is 0 Å².